The molecular formula is C25H28N2O3S. The third kappa shape index (κ3) is 4.35. The molecule has 3 aromatic rings. The van der Waals surface area contributed by atoms with Crippen molar-refractivity contribution in [2.45, 2.75) is 39.7 Å². The molecule has 0 aliphatic carbocycles. The summed E-state index contributed by atoms with van der Waals surface area (Å²) in [6, 6.07) is 15.5. The van der Waals surface area contributed by atoms with Crippen molar-refractivity contribution in [2.24, 2.45) is 0 Å². The van der Waals surface area contributed by atoms with Gasteiger partial charge in [0.2, 0.25) is 0 Å². The van der Waals surface area contributed by atoms with Crippen molar-refractivity contribution in [1.82, 2.24) is 9.88 Å². The molecule has 1 unspecified atom stereocenters. The van der Waals surface area contributed by atoms with Gasteiger partial charge in [0, 0.05) is 23.5 Å². The minimum Gasteiger partial charge on any atom is -0.335 e. The van der Waals surface area contributed by atoms with Gasteiger partial charge >= 0.3 is 0 Å². The summed E-state index contributed by atoms with van der Waals surface area (Å²) in [6.07, 6.45) is 1.27. The van der Waals surface area contributed by atoms with Gasteiger partial charge in [-0.25, -0.2) is 13.4 Å². The molecular weight excluding hydrogens is 408 g/mol. The molecule has 2 heterocycles. The summed E-state index contributed by atoms with van der Waals surface area (Å²) in [5, 5.41) is 0.794. The molecule has 0 N–H and O–H groups in total. The Morgan fingerprint density at radius 1 is 1.13 bits per heavy atom. The largest absolute Gasteiger partial charge is 0.335 e. The SMILES string of the molecule is CCCN(C(=O)c1cc(-c2ccc(C)cc2C)nc2ccccc12)C1CCS(=O)(=O)C1. The molecule has 4 rings (SSSR count). The Kier molecular flexibility index (Phi) is 5.84. The highest BCUT2D eigenvalue weighted by Crippen LogP contribution is 2.29. The Bertz CT molecular complexity index is 1250. The van der Waals surface area contributed by atoms with E-state index in [1.54, 1.807) is 4.90 Å². The molecule has 1 aromatic heterocycles. The number of rotatable bonds is 5. The van der Waals surface area contributed by atoms with E-state index >= 15 is 0 Å². The first-order valence-electron chi connectivity index (χ1n) is 10.8. The van der Waals surface area contributed by atoms with E-state index in [1.807, 2.05) is 56.3 Å². The van der Waals surface area contributed by atoms with Gasteiger partial charge in [0.15, 0.2) is 9.84 Å². The van der Waals surface area contributed by atoms with E-state index in [0.29, 0.717) is 18.5 Å². The number of hydrogen-bond donors (Lipinski definition) is 0. The quantitative estimate of drug-likeness (QED) is 0.588. The lowest BCUT2D eigenvalue weighted by Crippen LogP contribution is -2.41. The van der Waals surface area contributed by atoms with Crippen molar-refractivity contribution >= 4 is 26.6 Å². The minimum atomic E-state index is -3.08. The van der Waals surface area contributed by atoms with Crippen LogP contribution in [0.3, 0.4) is 0 Å². The molecule has 1 atom stereocenters. The monoisotopic (exact) mass is 436 g/mol. The van der Waals surface area contributed by atoms with Crippen LogP contribution >= 0.6 is 0 Å². The lowest BCUT2D eigenvalue weighted by atomic mass is 9.98. The number of amides is 1. The molecule has 0 spiro atoms. The summed E-state index contributed by atoms with van der Waals surface area (Å²) in [7, 11) is -3.08. The van der Waals surface area contributed by atoms with Gasteiger partial charge in [0.1, 0.15) is 0 Å². The molecule has 1 fully saturated rings. The summed E-state index contributed by atoms with van der Waals surface area (Å²) in [6.45, 7) is 6.65. The number of carbonyl (C=O) groups is 1. The molecule has 1 aliphatic rings. The number of sulfone groups is 1. The van der Waals surface area contributed by atoms with E-state index < -0.39 is 9.84 Å². The second kappa shape index (κ2) is 8.42. The molecule has 1 amide bonds. The van der Waals surface area contributed by atoms with Gasteiger partial charge < -0.3 is 4.90 Å². The van der Waals surface area contributed by atoms with Gasteiger partial charge in [-0.1, -0.05) is 48.9 Å². The lowest BCUT2D eigenvalue weighted by Gasteiger charge is -2.28. The summed E-state index contributed by atoms with van der Waals surface area (Å²) in [4.78, 5) is 20.4. The van der Waals surface area contributed by atoms with Crippen molar-refractivity contribution in [3.63, 3.8) is 0 Å². The van der Waals surface area contributed by atoms with E-state index in [0.717, 1.165) is 34.1 Å². The van der Waals surface area contributed by atoms with Crippen LogP contribution in [0.4, 0.5) is 0 Å². The van der Waals surface area contributed by atoms with Crippen LogP contribution in [0.1, 0.15) is 41.3 Å². The Labute approximate surface area is 184 Å². The fourth-order valence-corrected chi connectivity index (χ4v) is 6.19. The lowest BCUT2D eigenvalue weighted by molar-refractivity contribution is 0.0699. The van der Waals surface area contributed by atoms with Crippen LogP contribution in [0.15, 0.2) is 48.5 Å². The van der Waals surface area contributed by atoms with Crippen LogP contribution in [0.2, 0.25) is 0 Å². The summed E-state index contributed by atoms with van der Waals surface area (Å²) >= 11 is 0. The van der Waals surface area contributed by atoms with Crippen LogP contribution in [-0.2, 0) is 9.84 Å². The van der Waals surface area contributed by atoms with Crippen LogP contribution in [0.5, 0.6) is 0 Å². The first-order chi connectivity index (χ1) is 14.8. The van der Waals surface area contributed by atoms with Crippen LogP contribution < -0.4 is 0 Å². The number of pyridine rings is 1. The topological polar surface area (TPSA) is 67.3 Å². The molecule has 1 saturated heterocycles. The summed E-state index contributed by atoms with van der Waals surface area (Å²) < 4.78 is 24.2. The number of nitrogens with zero attached hydrogens (tertiary/aromatic N) is 2. The smallest absolute Gasteiger partial charge is 0.254 e. The maximum atomic E-state index is 13.8. The molecule has 31 heavy (non-hydrogen) atoms. The second-order valence-corrected chi connectivity index (χ2v) is 10.7. The molecule has 162 valence electrons. The highest BCUT2D eigenvalue weighted by atomic mass is 32.2. The number of para-hydroxylation sites is 1. The molecule has 0 bridgehead atoms. The zero-order valence-electron chi connectivity index (χ0n) is 18.3. The first kappa shape index (κ1) is 21.5. The maximum absolute atomic E-state index is 13.8. The second-order valence-electron chi connectivity index (χ2n) is 8.45. The third-order valence-electron chi connectivity index (χ3n) is 5.98. The fraction of sp³-hybridized carbons (Fsp3) is 0.360. The van der Waals surface area contributed by atoms with Crippen LogP contribution in [-0.4, -0.2) is 48.3 Å². The normalized spacial score (nSPS) is 17.7. The van der Waals surface area contributed by atoms with Crippen molar-refractivity contribution < 1.29 is 13.2 Å². The van der Waals surface area contributed by atoms with Gasteiger partial charge in [-0.15, -0.1) is 0 Å². The predicted molar refractivity (Wildman–Crippen MR) is 125 cm³/mol. The maximum Gasteiger partial charge on any atom is 0.254 e. The minimum absolute atomic E-state index is 0.0473. The number of aryl methyl sites for hydroxylation is 2. The number of hydrogen-bond acceptors (Lipinski definition) is 4. The number of benzene rings is 2. The molecule has 1 aliphatic heterocycles. The van der Waals surface area contributed by atoms with Crippen LogP contribution in [0.25, 0.3) is 22.2 Å². The fourth-order valence-electron chi connectivity index (χ4n) is 4.46. The molecule has 5 nitrogen and oxygen atoms in total. The van der Waals surface area contributed by atoms with E-state index in [2.05, 4.69) is 13.0 Å². The highest BCUT2D eigenvalue weighted by molar-refractivity contribution is 7.91. The van der Waals surface area contributed by atoms with Crippen molar-refractivity contribution in [3.8, 4) is 11.3 Å². The highest BCUT2D eigenvalue weighted by Gasteiger charge is 2.35. The zero-order chi connectivity index (χ0) is 22.2. The Hall–Kier alpha value is -2.73. The standard InChI is InChI=1S/C25H28N2O3S/c1-4-12-27(19-11-13-31(29,30)16-19)25(28)22-15-24(20-10-9-17(2)14-18(20)3)26-23-8-6-5-7-21(22)23/h5-10,14-15,19H,4,11-13,16H2,1-3H3. The van der Waals surface area contributed by atoms with Crippen molar-refractivity contribution in [2.75, 3.05) is 18.1 Å². The van der Waals surface area contributed by atoms with E-state index in [-0.39, 0.29) is 23.5 Å². The zero-order valence-corrected chi connectivity index (χ0v) is 19.1. The van der Waals surface area contributed by atoms with Gasteiger partial charge in [-0.3, -0.25) is 4.79 Å². The van der Waals surface area contributed by atoms with E-state index in [1.165, 1.54) is 5.56 Å². The van der Waals surface area contributed by atoms with Gasteiger partial charge in [0.05, 0.1) is 28.3 Å². The van der Waals surface area contributed by atoms with Gasteiger partial charge in [0.25, 0.3) is 5.91 Å². The third-order valence-corrected chi connectivity index (χ3v) is 7.73. The molecule has 6 heteroatoms. The van der Waals surface area contributed by atoms with E-state index in [9.17, 15) is 13.2 Å². The van der Waals surface area contributed by atoms with Crippen molar-refractivity contribution in [1.29, 1.82) is 0 Å². The average molecular weight is 437 g/mol. The van der Waals surface area contributed by atoms with E-state index in [4.69, 9.17) is 4.98 Å². The number of aromatic nitrogens is 1. The molecule has 2 aromatic carbocycles. The predicted octanol–water partition coefficient (Wildman–Crippen LogP) is 4.56. The summed E-state index contributed by atoms with van der Waals surface area (Å²) in [5.41, 5.74) is 5.38. The Balaban J connectivity index is 1.84. The molecule has 0 saturated carbocycles. The van der Waals surface area contributed by atoms with Gasteiger partial charge in [-0.05, 0) is 44.4 Å². The first-order valence-corrected chi connectivity index (χ1v) is 12.6. The molecule has 0 radical (unpaired) electrons. The number of fused-ring (bicyclic) bond motifs is 1. The van der Waals surface area contributed by atoms with Crippen molar-refractivity contribution in [3.05, 3.63) is 65.2 Å². The average Bonchev–Trinajstić information content (AvgIpc) is 3.10. The Morgan fingerprint density at radius 3 is 2.58 bits per heavy atom. The Morgan fingerprint density at radius 2 is 1.90 bits per heavy atom. The van der Waals surface area contributed by atoms with Gasteiger partial charge in [-0.2, -0.15) is 0 Å². The summed E-state index contributed by atoms with van der Waals surface area (Å²) in [5.74, 6) is 0.0791. The number of carbonyl (C=O) groups excluding carboxylic acids is 1. The van der Waals surface area contributed by atoms with Crippen LogP contribution in [0, 0.1) is 13.8 Å².